The summed E-state index contributed by atoms with van der Waals surface area (Å²) in [5, 5.41) is 0. The Morgan fingerprint density at radius 3 is 2.86 bits per heavy atom. The summed E-state index contributed by atoms with van der Waals surface area (Å²) in [6.07, 6.45) is 2.36. The van der Waals surface area contributed by atoms with Gasteiger partial charge >= 0.3 is 0 Å². The van der Waals surface area contributed by atoms with Crippen LogP contribution >= 0.6 is 24.7 Å². The lowest BCUT2D eigenvalue weighted by Gasteiger charge is -2.14. The first-order valence-corrected chi connectivity index (χ1v) is 3.78. The van der Waals surface area contributed by atoms with Crippen LogP contribution in [-0.2, 0) is 4.18 Å². The van der Waals surface area contributed by atoms with Crippen molar-refractivity contribution in [3.63, 3.8) is 0 Å². The van der Waals surface area contributed by atoms with Crippen molar-refractivity contribution in [2.24, 2.45) is 0 Å². The second-order valence-corrected chi connectivity index (χ2v) is 2.93. The van der Waals surface area contributed by atoms with Gasteiger partial charge < -0.3 is 4.18 Å². The van der Waals surface area contributed by atoms with E-state index in [2.05, 4.69) is 12.6 Å². The van der Waals surface area contributed by atoms with E-state index >= 15 is 0 Å². The number of thiol groups is 1. The van der Waals surface area contributed by atoms with Crippen molar-refractivity contribution in [3.05, 3.63) is 0 Å². The van der Waals surface area contributed by atoms with E-state index in [-0.39, 0.29) is 5.44 Å². The lowest BCUT2D eigenvalue weighted by atomic mass is 10.3. The summed E-state index contributed by atoms with van der Waals surface area (Å²) in [5.41, 5.74) is 0.193. The summed E-state index contributed by atoms with van der Waals surface area (Å²) >= 11 is 5.64. The average Bonchev–Trinajstić information content (AvgIpc) is 1.69. The predicted molar refractivity (Wildman–Crippen MR) is 35.6 cm³/mol. The molecule has 1 rings (SSSR count). The molecule has 1 unspecified atom stereocenters. The molecule has 1 heterocycles. The van der Waals surface area contributed by atoms with Gasteiger partial charge in [-0.1, -0.05) is 0 Å². The molecule has 0 aromatic heterocycles. The monoisotopic (exact) mass is 136 g/mol. The molecule has 0 radical (unpaired) electrons. The van der Waals surface area contributed by atoms with Gasteiger partial charge in [0, 0.05) is 5.75 Å². The molecule has 0 N–H and O–H groups in total. The second-order valence-electron chi connectivity index (χ2n) is 1.52. The fourth-order valence-corrected chi connectivity index (χ4v) is 1.49. The molecule has 1 fully saturated rings. The minimum Gasteiger partial charge on any atom is -0.302 e. The normalized spacial score (nSPS) is 33.0. The number of rotatable bonds is 0. The molecular weight excluding hydrogens is 128 g/mol. The van der Waals surface area contributed by atoms with Crippen LogP contribution in [0.2, 0.25) is 0 Å². The Kier molecular flexibility index (Phi) is 2.35. The Balaban J connectivity index is 2.12. The Morgan fingerprint density at radius 2 is 2.57 bits per heavy atom. The van der Waals surface area contributed by atoms with E-state index in [4.69, 9.17) is 4.18 Å². The maximum Gasteiger partial charge on any atom is 0.115 e. The van der Waals surface area contributed by atoms with Crippen molar-refractivity contribution in [3.8, 4) is 0 Å². The zero-order valence-corrected chi connectivity index (χ0v) is 5.67. The molecule has 1 aliphatic heterocycles. The SMILES string of the molecule is SC1CCCSO1. The highest BCUT2D eigenvalue weighted by Gasteiger charge is 2.08. The lowest BCUT2D eigenvalue weighted by Crippen LogP contribution is -2.05. The van der Waals surface area contributed by atoms with Gasteiger partial charge in [0.2, 0.25) is 0 Å². The third-order valence-corrected chi connectivity index (χ3v) is 2.19. The smallest absolute Gasteiger partial charge is 0.115 e. The number of hydrogen-bond acceptors (Lipinski definition) is 3. The molecule has 3 heteroatoms. The van der Waals surface area contributed by atoms with Crippen molar-refractivity contribution in [2.45, 2.75) is 18.3 Å². The van der Waals surface area contributed by atoms with Crippen LogP contribution in [0.5, 0.6) is 0 Å². The summed E-state index contributed by atoms with van der Waals surface area (Å²) in [4.78, 5) is 0. The summed E-state index contributed by atoms with van der Waals surface area (Å²) in [7, 11) is 0. The van der Waals surface area contributed by atoms with Crippen LogP contribution in [0.15, 0.2) is 0 Å². The molecule has 0 aliphatic carbocycles. The molecule has 0 amide bonds. The predicted octanol–water partition coefficient (Wildman–Crippen LogP) is 1.70. The molecule has 0 aromatic rings. The van der Waals surface area contributed by atoms with E-state index in [1.54, 1.807) is 0 Å². The largest absolute Gasteiger partial charge is 0.302 e. The van der Waals surface area contributed by atoms with Crippen LogP contribution in [0.4, 0.5) is 0 Å². The first kappa shape index (κ1) is 5.79. The molecule has 0 bridgehead atoms. The van der Waals surface area contributed by atoms with Crippen LogP contribution in [0.3, 0.4) is 0 Å². The van der Waals surface area contributed by atoms with Crippen LogP contribution < -0.4 is 0 Å². The first-order valence-electron chi connectivity index (χ1n) is 2.36. The van der Waals surface area contributed by atoms with E-state index in [0.717, 1.165) is 12.2 Å². The highest BCUT2D eigenvalue weighted by molar-refractivity contribution is 7.95. The van der Waals surface area contributed by atoms with E-state index < -0.39 is 0 Å². The highest BCUT2D eigenvalue weighted by atomic mass is 32.2. The van der Waals surface area contributed by atoms with Gasteiger partial charge in [-0.15, -0.1) is 12.6 Å². The van der Waals surface area contributed by atoms with Crippen molar-refractivity contribution in [2.75, 3.05) is 5.75 Å². The van der Waals surface area contributed by atoms with Crippen LogP contribution in [-0.4, -0.2) is 11.2 Å². The molecular formula is C4H8OS2. The number of hydrogen-bond donors (Lipinski definition) is 1. The van der Waals surface area contributed by atoms with E-state index in [1.807, 2.05) is 0 Å². The fourth-order valence-electron chi connectivity index (χ4n) is 0.492. The Hall–Kier alpha value is 0.660. The van der Waals surface area contributed by atoms with Gasteiger partial charge in [0.15, 0.2) is 0 Å². The summed E-state index contributed by atoms with van der Waals surface area (Å²) in [5.74, 6) is 1.14. The van der Waals surface area contributed by atoms with Gasteiger partial charge in [0.05, 0.1) is 0 Å². The van der Waals surface area contributed by atoms with Gasteiger partial charge in [-0.3, -0.25) is 0 Å². The van der Waals surface area contributed by atoms with Gasteiger partial charge in [0.1, 0.15) is 5.44 Å². The standard InChI is InChI=1S/C4H8OS2/c6-4-2-1-3-7-5-4/h4,6H,1-3H2. The Morgan fingerprint density at radius 1 is 1.71 bits per heavy atom. The van der Waals surface area contributed by atoms with Crippen molar-refractivity contribution >= 4 is 24.7 Å². The molecule has 42 valence electrons. The fraction of sp³-hybridized carbons (Fsp3) is 1.00. The Bertz CT molecular complexity index is 51.7. The van der Waals surface area contributed by atoms with Gasteiger partial charge in [0.25, 0.3) is 0 Å². The molecule has 0 saturated carbocycles. The van der Waals surface area contributed by atoms with Gasteiger partial charge in [-0.05, 0) is 24.9 Å². The van der Waals surface area contributed by atoms with Crippen LogP contribution in [0, 0.1) is 0 Å². The van der Waals surface area contributed by atoms with Gasteiger partial charge in [-0.2, -0.15) is 0 Å². The van der Waals surface area contributed by atoms with Crippen LogP contribution in [0.1, 0.15) is 12.8 Å². The molecule has 7 heavy (non-hydrogen) atoms. The Labute approximate surface area is 53.4 Å². The third-order valence-electron chi connectivity index (χ3n) is 0.858. The van der Waals surface area contributed by atoms with Crippen molar-refractivity contribution in [1.82, 2.24) is 0 Å². The summed E-state index contributed by atoms with van der Waals surface area (Å²) in [6, 6.07) is 0. The summed E-state index contributed by atoms with van der Waals surface area (Å²) < 4.78 is 5.06. The zero-order valence-electron chi connectivity index (χ0n) is 3.96. The average molecular weight is 136 g/mol. The molecule has 1 aliphatic rings. The maximum atomic E-state index is 5.06. The minimum atomic E-state index is 0.193. The highest BCUT2D eigenvalue weighted by Crippen LogP contribution is 2.22. The zero-order chi connectivity index (χ0) is 5.11. The van der Waals surface area contributed by atoms with Crippen molar-refractivity contribution in [1.29, 1.82) is 0 Å². The van der Waals surface area contributed by atoms with E-state index in [1.165, 1.54) is 18.5 Å². The minimum absolute atomic E-state index is 0.193. The van der Waals surface area contributed by atoms with E-state index in [0.29, 0.717) is 0 Å². The third kappa shape index (κ3) is 1.93. The molecule has 0 aromatic carbocycles. The van der Waals surface area contributed by atoms with Gasteiger partial charge in [-0.25, -0.2) is 0 Å². The van der Waals surface area contributed by atoms with Crippen LogP contribution in [0.25, 0.3) is 0 Å². The van der Waals surface area contributed by atoms with E-state index in [9.17, 15) is 0 Å². The quantitative estimate of drug-likeness (QED) is 0.401. The topological polar surface area (TPSA) is 9.23 Å². The van der Waals surface area contributed by atoms with Crippen molar-refractivity contribution < 1.29 is 4.18 Å². The maximum absolute atomic E-state index is 5.06. The second kappa shape index (κ2) is 2.84. The summed E-state index contributed by atoms with van der Waals surface area (Å²) in [6.45, 7) is 0. The molecule has 1 atom stereocenters. The molecule has 0 spiro atoms. The lowest BCUT2D eigenvalue weighted by molar-refractivity contribution is 0.312. The molecule has 1 saturated heterocycles. The first-order chi connectivity index (χ1) is 3.39. The molecule has 1 nitrogen and oxygen atoms in total.